The highest BCUT2D eigenvalue weighted by molar-refractivity contribution is 6.32. The summed E-state index contributed by atoms with van der Waals surface area (Å²) in [6.45, 7) is 7.74. The van der Waals surface area contributed by atoms with Crippen molar-refractivity contribution in [3.63, 3.8) is 0 Å². The fourth-order valence-electron chi connectivity index (χ4n) is 4.48. The third-order valence-corrected chi connectivity index (χ3v) is 7.11. The van der Waals surface area contributed by atoms with Gasteiger partial charge < -0.3 is 9.67 Å². The van der Waals surface area contributed by atoms with Crippen LogP contribution in [0.15, 0.2) is 60.9 Å². The molecule has 1 aliphatic heterocycles. The van der Waals surface area contributed by atoms with Gasteiger partial charge in [0.05, 0.1) is 12.0 Å². The largest absolute Gasteiger partial charge is 0.481 e. The molecule has 0 saturated carbocycles. The molecule has 37 heavy (non-hydrogen) atoms. The number of fused-ring (bicyclic) bond motifs is 1. The van der Waals surface area contributed by atoms with Gasteiger partial charge in [0.2, 0.25) is 0 Å². The van der Waals surface area contributed by atoms with E-state index in [1.54, 1.807) is 37.2 Å². The molecule has 3 heterocycles. The molecule has 0 fully saturated rings. The van der Waals surface area contributed by atoms with Gasteiger partial charge in [-0.2, -0.15) is 0 Å². The second kappa shape index (κ2) is 9.12. The average molecular weight is 516 g/mol. The number of carbonyl (C=O) groups is 2. The quantitative estimate of drug-likeness (QED) is 0.350. The van der Waals surface area contributed by atoms with Crippen LogP contribution in [0.4, 0.5) is 5.82 Å². The van der Waals surface area contributed by atoms with Crippen molar-refractivity contribution in [1.82, 2.24) is 19.7 Å². The molecule has 0 atom stereocenters. The maximum absolute atomic E-state index is 13.4. The molecule has 1 aliphatic rings. The first kappa shape index (κ1) is 24.6. The van der Waals surface area contributed by atoms with Crippen molar-refractivity contribution in [3.8, 4) is 22.6 Å². The van der Waals surface area contributed by atoms with E-state index in [0.717, 1.165) is 16.7 Å². The van der Waals surface area contributed by atoms with Crippen LogP contribution < -0.4 is 4.90 Å². The predicted octanol–water partition coefficient (Wildman–Crippen LogP) is 5.76. The Hall–Kier alpha value is -4.04. The number of anilines is 1. The van der Waals surface area contributed by atoms with Crippen LogP contribution in [-0.4, -0.2) is 36.7 Å². The molecule has 8 nitrogen and oxygen atoms in total. The number of hydrogen-bond acceptors (Lipinski definition) is 5. The lowest BCUT2D eigenvalue weighted by molar-refractivity contribution is -0.142. The van der Waals surface area contributed by atoms with Gasteiger partial charge >= 0.3 is 5.97 Å². The molecule has 0 spiro atoms. The third-order valence-electron chi connectivity index (χ3n) is 6.79. The third kappa shape index (κ3) is 4.27. The summed E-state index contributed by atoms with van der Waals surface area (Å²) < 4.78 is 1.94. The van der Waals surface area contributed by atoms with E-state index in [0.29, 0.717) is 40.0 Å². The molecule has 0 saturated heterocycles. The minimum absolute atomic E-state index is 0.137. The molecule has 9 heteroatoms. The number of halogens is 1. The van der Waals surface area contributed by atoms with Crippen molar-refractivity contribution >= 4 is 29.3 Å². The number of benzene rings is 2. The van der Waals surface area contributed by atoms with Crippen LogP contribution in [0.2, 0.25) is 5.02 Å². The summed E-state index contributed by atoms with van der Waals surface area (Å²) in [4.78, 5) is 31.5. The first-order chi connectivity index (χ1) is 17.6. The zero-order valence-corrected chi connectivity index (χ0v) is 21.7. The number of nitrogens with zero attached hydrogens (tertiary/aromatic N) is 5. The molecule has 2 aromatic heterocycles. The molecule has 188 valence electrons. The van der Waals surface area contributed by atoms with E-state index >= 15 is 0 Å². The van der Waals surface area contributed by atoms with E-state index in [1.807, 2.05) is 60.9 Å². The number of hydrogen-bond donors (Lipinski definition) is 1. The number of aromatic nitrogens is 4. The Labute approximate surface area is 219 Å². The molecule has 0 bridgehead atoms. The summed E-state index contributed by atoms with van der Waals surface area (Å²) in [5, 5.41) is 18.2. The molecule has 1 amide bonds. The molecule has 0 unspecified atom stereocenters. The first-order valence-corrected chi connectivity index (χ1v) is 12.3. The topological polar surface area (TPSA) is 101 Å². The van der Waals surface area contributed by atoms with Crippen molar-refractivity contribution in [3.05, 3.63) is 82.6 Å². The van der Waals surface area contributed by atoms with E-state index in [1.165, 1.54) is 0 Å². The van der Waals surface area contributed by atoms with Gasteiger partial charge in [-0.1, -0.05) is 41.9 Å². The molecular weight excluding hydrogens is 490 g/mol. The van der Waals surface area contributed by atoms with E-state index in [2.05, 4.69) is 10.2 Å². The van der Waals surface area contributed by atoms with Gasteiger partial charge in [0.1, 0.15) is 17.8 Å². The normalized spacial score (nSPS) is 13.4. The fraction of sp³-hybridized carbons (Fsp3) is 0.250. The number of amides is 1. The Kier molecular flexibility index (Phi) is 6.07. The smallest absolute Gasteiger partial charge is 0.313 e. The minimum atomic E-state index is -1.12. The molecule has 1 N–H and O–H groups in total. The van der Waals surface area contributed by atoms with Gasteiger partial charge in [-0.15, -0.1) is 10.2 Å². The highest BCUT2D eigenvalue weighted by Gasteiger charge is 2.32. The highest BCUT2D eigenvalue weighted by Crippen LogP contribution is 2.36. The van der Waals surface area contributed by atoms with Crippen LogP contribution in [0, 0.1) is 0 Å². The van der Waals surface area contributed by atoms with Gasteiger partial charge in [0.25, 0.3) is 5.91 Å². The number of carboxylic acids is 1. The van der Waals surface area contributed by atoms with Crippen LogP contribution in [-0.2, 0) is 16.8 Å². The minimum Gasteiger partial charge on any atom is -0.481 e. The van der Waals surface area contributed by atoms with Crippen molar-refractivity contribution in [2.75, 3.05) is 4.90 Å². The van der Waals surface area contributed by atoms with E-state index in [-0.39, 0.29) is 11.9 Å². The molecule has 0 aliphatic carbocycles. The lowest BCUT2D eigenvalue weighted by Crippen LogP contribution is -2.28. The van der Waals surface area contributed by atoms with Crippen LogP contribution in [0.25, 0.3) is 22.6 Å². The van der Waals surface area contributed by atoms with Crippen LogP contribution in [0.3, 0.4) is 0 Å². The van der Waals surface area contributed by atoms with Crippen molar-refractivity contribution in [2.45, 2.75) is 45.7 Å². The summed E-state index contributed by atoms with van der Waals surface area (Å²) in [7, 11) is 0. The summed E-state index contributed by atoms with van der Waals surface area (Å²) in [5.41, 5.74) is 3.19. The standard InChI is InChI=1S/C28H26ClN5O3/c1-16(2)34-15-30-32-25(34)23-6-5-7-24(31-23)33-14-19-9-8-17(12-20(19)26(33)35)18-10-11-21(22(29)13-18)28(3,4)27(36)37/h5-13,15-16H,14H2,1-4H3,(H,36,37). The van der Waals surface area contributed by atoms with Crippen LogP contribution >= 0.6 is 11.6 Å². The Morgan fingerprint density at radius 2 is 1.81 bits per heavy atom. The summed E-state index contributed by atoms with van der Waals surface area (Å²) in [6.07, 6.45) is 1.67. The molecule has 5 rings (SSSR count). The van der Waals surface area contributed by atoms with E-state index < -0.39 is 11.4 Å². The zero-order chi connectivity index (χ0) is 26.5. The Morgan fingerprint density at radius 1 is 1.08 bits per heavy atom. The Balaban J connectivity index is 1.45. The van der Waals surface area contributed by atoms with E-state index in [4.69, 9.17) is 16.6 Å². The second-order valence-corrected chi connectivity index (χ2v) is 10.3. The van der Waals surface area contributed by atoms with Gasteiger partial charge in [-0.05, 0) is 74.2 Å². The van der Waals surface area contributed by atoms with Gasteiger partial charge in [-0.3, -0.25) is 14.5 Å². The van der Waals surface area contributed by atoms with E-state index in [9.17, 15) is 14.7 Å². The first-order valence-electron chi connectivity index (χ1n) is 11.9. The van der Waals surface area contributed by atoms with Gasteiger partial charge in [0, 0.05) is 16.6 Å². The average Bonchev–Trinajstić information content (AvgIpc) is 3.49. The molecule has 4 aromatic rings. The zero-order valence-electron chi connectivity index (χ0n) is 20.9. The summed E-state index contributed by atoms with van der Waals surface area (Å²) >= 11 is 6.49. The number of pyridine rings is 1. The van der Waals surface area contributed by atoms with Crippen LogP contribution in [0.1, 0.15) is 55.2 Å². The number of aliphatic carboxylic acids is 1. The Morgan fingerprint density at radius 3 is 2.51 bits per heavy atom. The highest BCUT2D eigenvalue weighted by atomic mass is 35.5. The number of rotatable bonds is 6. The SMILES string of the molecule is CC(C)n1cnnc1-c1cccc(N2Cc3ccc(-c4ccc(C(C)(C)C(=O)O)c(Cl)c4)cc3C2=O)n1. The predicted molar refractivity (Wildman–Crippen MR) is 142 cm³/mol. The maximum Gasteiger partial charge on any atom is 0.313 e. The van der Waals surface area contributed by atoms with Gasteiger partial charge in [-0.25, -0.2) is 4.98 Å². The van der Waals surface area contributed by atoms with Crippen LogP contribution in [0.5, 0.6) is 0 Å². The molecular formula is C28H26ClN5O3. The summed E-state index contributed by atoms with van der Waals surface area (Å²) in [5.74, 6) is 0.102. The van der Waals surface area contributed by atoms with Crippen molar-refractivity contribution in [2.24, 2.45) is 0 Å². The van der Waals surface area contributed by atoms with Crippen molar-refractivity contribution < 1.29 is 14.7 Å². The maximum atomic E-state index is 13.4. The monoisotopic (exact) mass is 515 g/mol. The van der Waals surface area contributed by atoms with Gasteiger partial charge in [0.15, 0.2) is 5.82 Å². The fourth-order valence-corrected chi connectivity index (χ4v) is 4.90. The van der Waals surface area contributed by atoms with Crippen molar-refractivity contribution in [1.29, 1.82) is 0 Å². The number of carbonyl (C=O) groups excluding carboxylic acids is 1. The second-order valence-electron chi connectivity index (χ2n) is 9.92. The lowest BCUT2D eigenvalue weighted by Gasteiger charge is -2.21. The molecule has 0 radical (unpaired) electrons. The molecule has 2 aromatic carbocycles. The summed E-state index contributed by atoms with van der Waals surface area (Å²) in [6, 6.07) is 16.7. The number of carboxylic acid groups (broad SMARTS) is 1. The lowest BCUT2D eigenvalue weighted by atomic mass is 9.84. The Bertz CT molecular complexity index is 1540.